The van der Waals surface area contributed by atoms with Crippen LogP contribution in [-0.2, 0) is 18.3 Å². The molecule has 1 aromatic carbocycles. The van der Waals surface area contributed by atoms with Crippen LogP contribution in [-0.4, -0.2) is 59.6 Å². The van der Waals surface area contributed by atoms with Gasteiger partial charge in [0.05, 0.1) is 0 Å². The van der Waals surface area contributed by atoms with Crippen molar-refractivity contribution in [2.45, 2.75) is 45.7 Å². The zero-order valence-corrected chi connectivity index (χ0v) is 18.5. The van der Waals surface area contributed by atoms with Gasteiger partial charge in [-0.05, 0) is 45.2 Å². The fraction of sp³-hybridized carbons (Fsp3) is 0.591. The molecule has 8 nitrogen and oxygen atoms in total. The molecule has 0 saturated carbocycles. The second-order valence-electron chi connectivity index (χ2n) is 7.63. The molecule has 1 atom stereocenters. The predicted octanol–water partition coefficient (Wildman–Crippen LogP) is 2.25. The lowest BCUT2D eigenvalue weighted by Crippen LogP contribution is -2.51. The summed E-state index contributed by atoms with van der Waals surface area (Å²) in [4.78, 5) is 7.23. The molecular weight excluding hydrogens is 378 g/mol. The zero-order valence-electron chi connectivity index (χ0n) is 18.5. The lowest BCUT2D eigenvalue weighted by molar-refractivity contribution is 0.145. The standard InChI is InChI=1S/C22H35N7O/c1-4-30-15-9-13-23-22(24-16-21-27-26-18(2)28(21)3)25-19-10-8-14-29(17-19)20-11-6-5-7-12-20/h5-7,11-12,19H,4,8-10,13-17H2,1-3H3,(H2,23,24,25). The van der Waals surface area contributed by atoms with Crippen molar-refractivity contribution in [3.8, 4) is 0 Å². The van der Waals surface area contributed by atoms with Gasteiger partial charge in [-0.1, -0.05) is 18.2 Å². The number of nitrogens with one attached hydrogen (secondary N) is 2. The average molecular weight is 414 g/mol. The number of aliphatic imine (C=N–C) groups is 1. The summed E-state index contributed by atoms with van der Waals surface area (Å²) in [6, 6.07) is 11.0. The van der Waals surface area contributed by atoms with Gasteiger partial charge >= 0.3 is 0 Å². The topological polar surface area (TPSA) is 79.6 Å². The van der Waals surface area contributed by atoms with Crippen molar-refractivity contribution >= 4 is 11.6 Å². The molecule has 2 aromatic rings. The molecule has 0 spiro atoms. The summed E-state index contributed by atoms with van der Waals surface area (Å²) < 4.78 is 7.43. The molecule has 2 heterocycles. The Hall–Kier alpha value is -2.61. The molecule has 1 aromatic heterocycles. The first-order chi connectivity index (χ1) is 14.7. The van der Waals surface area contributed by atoms with Crippen molar-refractivity contribution in [2.75, 3.05) is 37.7 Å². The molecule has 0 radical (unpaired) electrons. The van der Waals surface area contributed by atoms with E-state index in [1.165, 1.54) is 5.69 Å². The van der Waals surface area contributed by atoms with E-state index in [0.717, 1.165) is 69.7 Å². The van der Waals surface area contributed by atoms with Crippen molar-refractivity contribution in [3.63, 3.8) is 0 Å². The van der Waals surface area contributed by atoms with Crippen LogP contribution in [0.3, 0.4) is 0 Å². The fourth-order valence-electron chi connectivity index (χ4n) is 3.58. The molecule has 1 fully saturated rings. The second-order valence-corrected chi connectivity index (χ2v) is 7.63. The minimum atomic E-state index is 0.346. The normalized spacial score (nSPS) is 17.2. The van der Waals surface area contributed by atoms with Crippen LogP contribution >= 0.6 is 0 Å². The second kappa shape index (κ2) is 11.5. The van der Waals surface area contributed by atoms with Crippen LogP contribution in [0.15, 0.2) is 35.3 Å². The molecule has 0 bridgehead atoms. The molecule has 1 saturated heterocycles. The van der Waals surface area contributed by atoms with Crippen molar-refractivity contribution < 1.29 is 4.74 Å². The Kier molecular flexibility index (Phi) is 8.50. The molecule has 1 aliphatic rings. The molecule has 30 heavy (non-hydrogen) atoms. The molecule has 1 unspecified atom stereocenters. The Morgan fingerprint density at radius 2 is 2.10 bits per heavy atom. The highest BCUT2D eigenvalue weighted by Crippen LogP contribution is 2.19. The lowest BCUT2D eigenvalue weighted by atomic mass is 10.1. The summed E-state index contributed by atoms with van der Waals surface area (Å²) in [7, 11) is 1.97. The van der Waals surface area contributed by atoms with Crippen LogP contribution in [0.25, 0.3) is 0 Å². The Bertz CT molecular complexity index is 790. The summed E-state index contributed by atoms with van der Waals surface area (Å²) in [6.45, 7) is 8.85. The number of hydrogen-bond donors (Lipinski definition) is 2. The molecule has 3 rings (SSSR count). The van der Waals surface area contributed by atoms with Gasteiger partial charge in [-0.2, -0.15) is 0 Å². The zero-order chi connectivity index (χ0) is 21.2. The number of aromatic nitrogens is 3. The third kappa shape index (κ3) is 6.45. The van der Waals surface area contributed by atoms with E-state index in [1.54, 1.807) is 0 Å². The molecule has 8 heteroatoms. The third-order valence-electron chi connectivity index (χ3n) is 5.41. The van der Waals surface area contributed by atoms with Crippen molar-refractivity contribution in [1.29, 1.82) is 0 Å². The van der Waals surface area contributed by atoms with Gasteiger partial charge in [-0.15, -0.1) is 10.2 Å². The van der Waals surface area contributed by atoms with Gasteiger partial charge in [0.1, 0.15) is 12.4 Å². The maximum absolute atomic E-state index is 5.45. The number of rotatable bonds is 9. The number of para-hydroxylation sites is 1. The molecule has 2 N–H and O–H groups in total. The van der Waals surface area contributed by atoms with E-state index in [9.17, 15) is 0 Å². The van der Waals surface area contributed by atoms with Crippen LogP contribution in [0, 0.1) is 6.92 Å². The molecule has 164 valence electrons. The Balaban J connectivity index is 1.61. The van der Waals surface area contributed by atoms with Gasteiger partial charge in [-0.3, -0.25) is 0 Å². The third-order valence-corrected chi connectivity index (χ3v) is 5.41. The summed E-state index contributed by atoms with van der Waals surface area (Å²) >= 11 is 0. The van der Waals surface area contributed by atoms with E-state index >= 15 is 0 Å². The molecule has 0 aliphatic carbocycles. The first-order valence-electron chi connectivity index (χ1n) is 10.9. The number of anilines is 1. The van der Waals surface area contributed by atoms with E-state index in [2.05, 4.69) is 56.1 Å². The van der Waals surface area contributed by atoms with E-state index < -0.39 is 0 Å². The minimum Gasteiger partial charge on any atom is -0.382 e. The van der Waals surface area contributed by atoms with Gasteiger partial charge in [0, 0.05) is 51.6 Å². The SMILES string of the molecule is CCOCCCNC(=NCc1nnc(C)n1C)NC1CCCN(c2ccccc2)C1. The van der Waals surface area contributed by atoms with Crippen LogP contribution in [0.1, 0.15) is 37.8 Å². The van der Waals surface area contributed by atoms with Crippen LogP contribution in [0.2, 0.25) is 0 Å². The summed E-state index contributed by atoms with van der Waals surface area (Å²) in [6.07, 6.45) is 3.23. The van der Waals surface area contributed by atoms with Crippen molar-refractivity contribution in [2.24, 2.45) is 12.0 Å². The maximum Gasteiger partial charge on any atom is 0.191 e. The predicted molar refractivity (Wildman–Crippen MR) is 121 cm³/mol. The Morgan fingerprint density at radius 3 is 2.83 bits per heavy atom. The molecule has 1 aliphatic heterocycles. The number of aryl methyl sites for hydroxylation is 1. The highest BCUT2D eigenvalue weighted by molar-refractivity contribution is 5.80. The van der Waals surface area contributed by atoms with E-state index in [1.807, 2.05) is 25.5 Å². The van der Waals surface area contributed by atoms with E-state index in [0.29, 0.717) is 12.6 Å². The van der Waals surface area contributed by atoms with Gasteiger partial charge in [0.15, 0.2) is 11.8 Å². The number of hydrogen-bond acceptors (Lipinski definition) is 5. The van der Waals surface area contributed by atoms with E-state index in [4.69, 9.17) is 9.73 Å². The van der Waals surface area contributed by atoms with Crippen LogP contribution < -0.4 is 15.5 Å². The van der Waals surface area contributed by atoms with Crippen LogP contribution in [0.5, 0.6) is 0 Å². The van der Waals surface area contributed by atoms with Gasteiger partial charge in [0.25, 0.3) is 0 Å². The largest absolute Gasteiger partial charge is 0.382 e. The van der Waals surface area contributed by atoms with Gasteiger partial charge in [0.2, 0.25) is 0 Å². The Labute approximate surface area is 179 Å². The lowest BCUT2D eigenvalue weighted by Gasteiger charge is -2.35. The first-order valence-corrected chi connectivity index (χ1v) is 10.9. The quantitative estimate of drug-likeness (QED) is 0.373. The summed E-state index contributed by atoms with van der Waals surface area (Å²) in [5.41, 5.74) is 1.28. The van der Waals surface area contributed by atoms with Gasteiger partial charge in [-0.25, -0.2) is 4.99 Å². The monoisotopic (exact) mass is 413 g/mol. The van der Waals surface area contributed by atoms with Gasteiger partial charge < -0.3 is 24.8 Å². The summed E-state index contributed by atoms with van der Waals surface area (Å²) in [5, 5.41) is 15.5. The number of ether oxygens (including phenoxy) is 1. The average Bonchev–Trinajstić information content (AvgIpc) is 3.10. The van der Waals surface area contributed by atoms with E-state index in [-0.39, 0.29) is 0 Å². The smallest absolute Gasteiger partial charge is 0.191 e. The number of nitrogens with zero attached hydrogens (tertiary/aromatic N) is 5. The first kappa shape index (κ1) is 22.1. The Morgan fingerprint density at radius 1 is 1.27 bits per heavy atom. The number of benzene rings is 1. The molecular formula is C22H35N7O. The highest BCUT2D eigenvalue weighted by atomic mass is 16.5. The molecule has 0 amide bonds. The number of piperidine rings is 1. The highest BCUT2D eigenvalue weighted by Gasteiger charge is 2.21. The number of guanidine groups is 1. The maximum atomic E-state index is 5.45. The summed E-state index contributed by atoms with van der Waals surface area (Å²) in [5.74, 6) is 2.58. The van der Waals surface area contributed by atoms with Crippen molar-refractivity contribution in [1.82, 2.24) is 25.4 Å². The fourth-order valence-corrected chi connectivity index (χ4v) is 3.58. The van der Waals surface area contributed by atoms with Crippen LogP contribution in [0.4, 0.5) is 5.69 Å². The van der Waals surface area contributed by atoms with Crippen molar-refractivity contribution in [3.05, 3.63) is 42.0 Å². The minimum absolute atomic E-state index is 0.346.